The Kier molecular flexibility index (Phi) is 3.20. The summed E-state index contributed by atoms with van der Waals surface area (Å²) >= 11 is 2.26. The molecule has 0 saturated carbocycles. The van der Waals surface area contributed by atoms with Crippen LogP contribution in [0, 0.1) is 3.57 Å². The lowest BCUT2D eigenvalue weighted by Gasteiger charge is -2.28. The van der Waals surface area contributed by atoms with E-state index in [9.17, 15) is 8.42 Å². The molecule has 82 valence electrons. The molecule has 15 heavy (non-hydrogen) atoms. The fourth-order valence-corrected chi connectivity index (χ4v) is 3.18. The first-order chi connectivity index (χ1) is 7.07. The van der Waals surface area contributed by atoms with Crippen molar-refractivity contribution in [2.24, 2.45) is 0 Å². The van der Waals surface area contributed by atoms with Crippen LogP contribution in [0.1, 0.15) is 0 Å². The number of hydrogen-bond acceptors (Lipinski definition) is 3. The van der Waals surface area contributed by atoms with Crippen LogP contribution in [0.5, 0.6) is 0 Å². The Hall–Kier alpha value is -0.300. The highest BCUT2D eigenvalue weighted by molar-refractivity contribution is 14.1. The molecule has 0 radical (unpaired) electrons. The first kappa shape index (κ1) is 11.2. The molecule has 0 N–H and O–H groups in total. The summed E-state index contributed by atoms with van der Waals surface area (Å²) in [7, 11) is -2.77. The maximum atomic E-state index is 11.3. The Labute approximate surface area is 104 Å². The number of hydrogen-bond donors (Lipinski definition) is 0. The molecule has 1 fully saturated rings. The van der Waals surface area contributed by atoms with Crippen molar-refractivity contribution in [3.63, 3.8) is 0 Å². The van der Waals surface area contributed by atoms with Crippen molar-refractivity contribution in [3.05, 3.63) is 27.8 Å². The van der Waals surface area contributed by atoms with Gasteiger partial charge in [-0.3, -0.25) is 0 Å². The van der Waals surface area contributed by atoms with Gasteiger partial charge >= 0.3 is 0 Å². The van der Waals surface area contributed by atoms with Crippen molar-refractivity contribution in [3.8, 4) is 0 Å². The fraction of sp³-hybridized carbons (Fsp3) is 0.400. The summed E-state index contributed by atoms with van der Waals surface area (Å²) in [5, 5.41) is 0. The Bertz CT molecular complexity index is 427. The van der Waals surface area contributed by atoms with Crippen molar-refractivity contribution in [1.82, 2.24) is 0 Å². The van der Waals surface area contributed by atoms with Gasteiger partial charge in [0.05, 0.1) is 11.5 Å². The lowest BCUT2D eigenvalue weighted by molar-refractivity contribution is 0.587. The second kappa shape index (κ2) is 4.29. The molecule has 1 saturated heterocycles. The molecule has 0 aromatic heterocycles. The van der Waals surface area contributed by atoms with Gasteiger partial charge in [0.2, 0.25) is 0 Å². The van der Waals surface area contributed by atoms with E-state index in [2.05, 4.69) is 27.5 Å². The minimum atomic E-state index is -2.77. The van der Waals surface area contributed by atoms with E-state index >= 15 is 0 Å². The topological polar surface area (TPSA) is 37.4 Å². The van der Waals surface area contributed by atoms with E-state index in [-0.39, 0.29) is 11.5 Å². The van der Waals surface area contributed by atoms with Gasteiger partial charge in [-0.1, -0.05) is 0 Å². The third-order valence-corrected chi connectivity index (χ3v) is 4.86. The van der Waals surface area contributed by atoms with Crippen molar-refractivity contribution in [2.75, 3.05) is 29.5 Å². The maximum absolute atomic E-state index is 11.3. The molecule has 2 rings (SSSR count). The first-order valence-electron chi connectivity index (χ1n) is 4.78. The summed E-state index contributed by atoms with van der Waals surface area (Å²) in [4.78, 5) is 2.12. The highest BCUT2D eigenvalue weighted by Crippen LogP contribution is 2.18. The average molecular weight is 337 g/mol. The Morgan fingerprint density at radius 1 is 1.07 bits per heavy atom. The molecule has 1 heterocycles. The lowest BCUT2D eigenvalue weighted by atomic mass is 10.3. The Morgan fingerprint density at radius 2 is 1.60 bits per heavy atom. The molecule has 0 bridgehead atoms. The van der Waals surface area contributed by atoms with Gasteiger partial charge in [0.25, 0.3) is 0 Å². The number of sulfone groups is 1. The first-order valence-corrected chi connectivity index (χ1v) is 7.68. The van der Waals surface area contributed by atoms with Gasteiger partial charge < -0.3 is 4.90 Å². The maximum Gasteiger partial charge on any atom is 0.153 e. The van der Waals surface area contributed by atoms with Crippen molar-refractivity contribution in [1.29, 1.82) is 0 Å². The quantitative estimate of drug-likeness (QED) is 0.730. The van der Waals surface area contributed by atoms with Gasteiger partial charge in [-0.05, 0) is 46.9 Å². The minimum Gasteiger partial charge on any atom is -0.369 e. The van der Waals surface area contributed by atoms with Crippen molar-refractivity contribution >= 4 is 38.1 Å². The van der Waals surface area contributed by atoms with Crippen molar-refractivity contribution in [2.45, 2.75) is 0 Å². The van der Waals surface area contributed by atoms with Crippen LogP contribution in [0.4, 0.5) is 5.69 Å². The molecule has 0 unspecified atom stereocenters. The summed E-state index contributed by atoms with van der Waals surface area (Å²) in [6.07, 6.45) is 0. The highest BCUT2D eigenvalue weighted by atomic mass is 127. The second-order valence-electron chi connectivity index (χ2n) is 3.62. The number of halogens is 1. The number of benzene rings is 1. The number of rotatable bonds is 1. The van der Waals surface area contributed by atoms with Crippen LogP contribution in [0.15, 0.2) is 24.3 Å². The third-order valence-electron chi connectivity index (χ3n) is 2.54. The lowest BCUT2D eigenvalue weighted by Crippen LogP contribution is -2.40. The monoisotopic (exact) mass is 337 g/mol. The molecule has 1 aliphatic rings. The zero-order chi connectivity index (χ0) is 10.9. The van der Waals surface area contributed by atoms with Crippen LogP contribution in [0.2, 0.25) is 0 Å². The predicted octanol–water partition coefficient (Wildman–Crippen LogP) is 1.53. The van der Waals surface area contributed by atoms with E-state index in [1.165, 1.54) is 3.57 Å². The van der Waals surface area contributed by atoms with Gasteiger partial charge in [-0.25, -0.2) is 8.42 Å². The zero-order valence-corrected chi connectivity index (χ0v) is 11.2. The van der Waals surface area contributed by atoms with Gasteiger partial charge in [-0.2, -0.15) is 0 Å². The van der Waals surface area contributed by atoms with Crippen LogP contribution < -0.4 is 4.90 Å². The summed E-state index contributed by atoms with van der Waals surface area (Å²) in [5.74, 6) is 0.554. The third kappa shape index (κ3) is 2.84. The molecule has 3 nitrogen and oxygen atoms in total. The van der Waals surface area contributed by atoms with Crippen LogP contribution >= 0.6 is 22.6 Å². The summed E-state index contributed by atoms with van der Waals surface area (Å²) in [6, 6.07) is 8.16. The van der Waals surface area contributed by atoms with Gasteiger partial charge in [0, 0.05) is 22.3 Å². The van der Waals surface area contributed by atoms with Gasteiger partial charge in [0.1, 0.15) is 0 Å². The smallest absolute Gasteiger partial charge is 0.153 e. The van der Waals surface area contributed by atoms with E-state index in [1.807, 2.05) is 24.3 Å². The Morgan fingerprint density at radius 3 is 2.13 bits per heavy atom. The van der Waals surface area contributed by atoms with E-state index < -0.39 is 9.84 Å². The molecule has 1 aromatic carbocycles. The van der Waals surface area contributed by atoms with Crippen LogP contribution in [-0.2, 0) is 9.84 Å². The molecule has 0 amide bonds. The van der Waals surface area contributed by atoms with Crippen LogP contribution in [-0.4, -0.2) is 33.0 Å². The standard InChI is InChI=1S/C10H12INO2S/c11-9-1-3-10(4-2-9)12-5-7-15(13,14)8-6-12/h1-4H,5-8H2. The molecule has 0 spiro atoms. The molecule has 0 atom stereocenters. The van der Waals surface area contributed by atoms with Gasteiger partial charge in [-0.15, -0.1) is 0 Å². The number of nitrogens with zero attached hydrogens (tertiary/aromatic N) is 1. The fourth-order valence-electron chi connectivity index (χ4n) is 1.62. The minimum absolute atomic E-state index is 0.277. The predicted molar refractivity (Wildman–Crippen MR) is 70.0 cm³/mol. The van der Waals surface area contributed by atoms with E-state index in [0.717, 1.165) is 5.69 Å². The normalized spacial score (nSPS) is 20.2. The summed E-state index contributed by atoms with van der Waals surface area (Å²) < 4.78 is 23.7. The Balaban J connectivity index is 2.11. The van der Waals surface area contributed by atoms with Crippen molar-refractivity contribution < 1.29 is 8.42 Å². The van der Waals surface area contributed by atoms with E-state index in [4.69, 9.17) is 0 Å². The number of anilines is 1. The highest BCUT2D eigenvalue weighted by Gasteiger charge is 2.21. The molecule has 5 heteroatoms. The molecule has 1 aromatic rings. The molecular formula is C10H12INO2S. The molecule has 1 aliphatic heterocycles. The zero-order valence-electron chi connectivity index (χ0n) is 8.19. The van der Waals surface area contributed by atoms with E-state index in [0.29, 0.717) is 13.1 Å². The van der Waals surface area contributed by atoms with E-state index in [1.54, 1.807) is 0 Å². The van der Waals surface area contributed by atoms with Crippen LogP contribution in [0.3, 0.4) is 0 Å². The largest absolute Gasteiger partial charge is 0.369 e. The van der Waals surface area contributed by atoms with Crippen LogP contribution in [0.25, 0.3) is 0 Å². The molecular weight excluding hydrogens is 325 g/mol. The summed E-state index contributed by atoms with van der Waals surface area (Å²) in [5.41, 5.74) is 1.12. The molecule has 0 aliphatic carbocycles. The second-order valence-corrected chi connectivity index (χ2v) is 7.16. The van der Waals surface area contributed by atoms with Gasteiger partial charge in [0.15, 0.2) is 9.84 Å². The summed E-state index contributed by atoms with van der Waals surface area (Å²) in [6.45, 7) is 1.23. The average Bonchev–Trinajstić information content (AvgIpc) is 2.20. The SMILES string of the molecule is O=S1(=O)CCN(c2ccc(I)cc2)CC1.